The number of aryl methyl sites for hydroxylation is 1. The van der Waals surface area contributed by atoms with Crippen molar-refractivity contribution in [3.63, 3.8) is 0 Å². The number of nitrogens with zero attached hydrogens (tertiary/aromatic N) is 2. The van der Waals surface area contributed by atoms with Crippen molar-refractivity contribution in [3.05, 3.63) is 35.2 Å². The zero-order valence-corrected chi connectivity index (χ0v) is 10.5. The third-order valence-electron chi connectivity index (χ3n) is 3.31. The Hall–Kier alpha value is -1.98. The van der Waals surface area contributed by atoms with Crippen molar-refractivity contribution in [3.8, 4) is 0 Å². The zero-order valence-electron chi connectivity index (χ0n) is 10.5. The molecule has 0 fully saturated rings. The highest BCUT2D eigenvalue weighted by atomic mass is 19.4. The Kier molecular flexibility index (Phi) is 2.96. The van der Waals surface area contributed by atoms with E-state index in [4.69, 9.17) is 0 Å². The minimum absolute atomic E-state index is 0.0417. The second kappa shape index (κ2) is 4.54. The van der Waals surface area contributed by atoms with Gasteiger partial charge in [0.15, 0.2) is 11.4 Å². The molecular formula is C14H11F3N2O. The highest BCUT2D eigenvalue weighted by Gasteiger charge is 2.28. The summed E-state index contributed by atoms with van der Waals surface area (Å²) < 4.78 is 37.1. The Morgan fingerprint density at radius 3 is 2.70 bits per heavy atom. The average molecular weight is 280 g/mol. The lowest BCUT2D eigenvalue weighted by Gasteiger charge is -2.14. The number of hydrogen-bond donors (Lipinski definition) is 0. The summed E-state index contributed by atoms with van der Waals surface area (Å²) >= 11 is 0. The van der Waals surface area contributed by atoms with E-state index in [-0.39, 0.29) is 17.1 Å². The van der Waals surface area contributed by atoms with Gasteiger partial charge in [-0.3, -0.25) is 4.79 Å². The number of pyridine rings is 2. The van der Waals surface area contributed by atoms with E-state index in [1.807, 2.05) is 0 Å². The number of Topliss-reactive ketones (excluding diaryl/α,β-unsaturated/α-hetero) is 1. The second-order valence-corrected chi connectivity index (χ2v) is 4.90. The SMILES string of the molecule is O=C1CCCc2nc3nc(CC(F)(F)F)ccc3cc21. The van der Waals surface area contributed by atoms with Crippen LogP contribution < -0.4 is 0 Å². The van der Waals surface area contributed by atoms with Crippen molar-refractivity contribution >= 4 is 16.8 Å². The molecule has 104 valence electrons. The third-order valence-corrected chi connectivity index (χ3v) is 3.31. The number of alkyl halides is 3. The van der Waals surface area contributed by atoms with Crippen LogP contribution >= 0.6 is 0 Å². The van der Waals surface area contributed by atoms with E-state index < -0.39 is 12.6 Å². The minimum Gasteiger partial charge on any atom is -0.294 e. The molecule has 0 amide bonds. The van der Waals surface area contributed by atoms with E-state index in [1.54, 1.807) is 12.1 Å². The summed E-state index contributed by atoms with van der Waals surface area (Å²) in [6.07, 6.45) is -3.46. The topological polar surface area (TPSA) is 42.9 Å². The van der Waals surface area contributed by atoms with Crippen LogP contribution in [-0.2, 0) is 12.8 Å². The standard InChI is InChI=1S/C14H11F3N2O/c15-14(16,17)7-9-5-4-8-6-10-11(19-13(8)18-9)2-1-3-12(10)20/h4-6H,1-3,7H2. The van der Waals surface area contributed by atoms with Crippen LogP contribution in [0.1, 0.15) is 34.6 Å². The van der Waals surface area contributed by atoms with E-state index in [2.05, 4.69) is 9.97 Å². The van der Waals surface area contributed by atoms with E-state index in [0.29, 0.717) is 29.5 Å². The Bertz CT molecular complexity index is 695. The van der Waals surface area contributed by atoms with Crippen molar-refractivity contribution < 1.29 is 18.0 Å². The van der Waals surface area contributed by atoms with E-state index in [1.165, 1.54) is 6.07 Å². The molecule has 0 saturated carbocycles. The quantitative estimate of drug-likeness (QED) is 0.805. The molecule has 0 bridgehead atoms. The first-order chi connectivity index (χ1) is 9.42. The highest BCUT2D eigenvalue weighted by Crippen LogP contribution is 2.25. The largest absolute Gasteiger partial charge is 0.394 e. The summed E-state index contributed by atoms with van der Waals surface area (Å²) in [5, 5.41) is 0.602. The van der Waals surface area contributed by atoms with Crippen LogP contribution in [0.3, 0.4) is 0 Å². The lowest BCUT2D eigenvalue weighted by molar-refractivity contribution is -0.127. The fourth-order valence-electron chi connectivity index (χ4n) is 2.41. The summed E-state index contributed by atoms with van der Waals surface area (Å²) in [5.74, 6) is 0.0417. The normalized spacial score (nSPS) is 15.4. The van der Waals surface area contributed by atoms with Gasteiger partial charge in [-0.25, -0.2) is 9.97 Å². The molecule has 0 saturated heterocycles. The summed E-state index contributed by atoms with van der Waals surface area (Å²) in [6, 6.07) is 4.55. The Morgan fingerprint density at radius 1 is 1.15 bits per heavy atom. The van der Waals surface area contributed by atoms with Gasteiger partial charge in [-0.15, -0.1) is 0 Å². The van der Waals surface area contributed by atoms with Crippen LogP contribution in [0.4, 0.5) is 13.2 Å². The van der Waals surface area contributed by atoms with Gasteiger partial charge in [-0.1, -0.05) is 0 Å². The van der Waals surface area contributed by atoms with E-state index in [9.17, 15) is 18.0 Å². The molecule has 0 radical (unpaired) electrons. The Balaban J connectivity index is 2.07. The predicted octanol–water partition coefficient (Wildman–Crippen LogP) is 3.25. The first-order valence-corrected chi connectivity index (χ1v) is 6.32. The number of halogens is 3. The van der Waals surface area contributed by atoms with Gasteiger partial charge in [0.1, 0.15) is 0 Å². The lowest BCUT2D eigenvalue weighted by atomic mass is 9.94. The molecule has 3 nitrogen and oxygen atoms in total. The first kappa shape index (κ1) is 13.0. The molecule has 2 aromatic heterocycles. The number of carbonyl (C=O) groups is 1. The molecule has 1 aliphatic rings. The number of aromatic nitrogens is 2. The van der Waals surface area contributed by atoms with Crippen LogP contribution in [0.15, 0.2) is 18.2 Å². The number of fused-ring (bicyclic) bond motifs is 2. The van der Waals surface area contributed by atoms with Gasteiger partial charge in [0.2, 0.25) is 0 Å². The molecule has 6 heteroatoms. The molecule has 0 aromatic carbocycles. The summed E-state index contributed by atoms with van der Waals surface area (Å²) in [7, 11) is 0. The number of rotatable bonds is 1. The van der Waals surface area contributed by atoms with Crippen molar-refractivity contribution in [1.29, 1.82) is 0 Å². The summed E-state index contributed by atoms with van der Waals surface area (Å²) in [5.41, 5.74) is 1.44. The average Bonchev–Trinajstić information content (AvgIpc) is 2.35. The van der Waals surface area contributed by atoms with Gasteiger partial charge in [0, 0.05) is 17.4 Å². The molecule has 3 rings (SSSR count). The molecule has 20 heavy (non-hydrogen) atoms. The maximum absolute atomic E-state index is 12.4. The molecule has 2 heterocycles. The van der Waals surface area contributed by atoms with Crippen molar-refractivity contribution in [2.45, 2.75) is 31.9 Å². The van der Waals surface area contributed by atoms with Crippen LogP contribution in [0.25, 0.3) is 11.0 Å². The van der Waals surface area contributed by atoms with Crippen molar-refractivity contribution in [1.82, 2.24) is 9.97 Å². The predicted molar refractivity (Wildman–Crippen MR) is 66.6 cm³/mol. The van der Waals surface area contributed by atoms with Gasteiger partial charge in [0.05, 0.1) is 17.8 Å². The molecular weight excluding hydrogens is 269 g/mol. The number of ketones is 1. The molecule has 0 aliphatic heterocycles. The molecule has 0 atom stereocenters. The number of carbonyl (C=O) groups excluding carboxylic acids is 1. The van der Waals surface area contributed by atoms with Gasteiger partial charge in [0.25, 0.3) is 0 Å². The highest BCUT2D eigenvalue weighted by molar-refractivity contribution is 6.00. The maximum Gasteiger partial charge on any atom is 0.394 e. The smallest absolute Gasteiger partial charge is 0.294 e. The molecule has 2 aromatic rings. The fourth-order valence-corrected chi connectivity index (χ4v) is 2.41. The molecule has 1 aliphatic carbocycles. The zero-order chi connectivity index (χ0) is 14.3. The van der Waals surface area contributed by atoms with Gasteiger partial charge >= 0.3 is 6.18 Å². The van der Waals surface area contributed by atoms with Crippen molar-refractivity contribution in [2.24, 2.45) is 0 Å². The van der Waals surface area contributed by atoms with Gasteiger partial charge in [-0.2, -0.15) is 13.2 Å². The molecule has 0 spiro atoms. The van der Waals surface area contributed by atoms with Crippen LogP contribution in [0.5, 0.6) is 0 Å². The van der Waals surface area contributed by atoms with Gasteiger partial charge in [-0.05, 0) is 31.0 Å². The van der Waals surface area contributed by atoms with E-state index >= 15 is 0 Å². The van der Waals surface area contributed by atoms with Crippen LogP contribution in [-0.4, -0.2) is 21.9 Å². The first-order valence-electron chi connectivity index (χ1n) is 6.32. The summed E-state index contributed by atoms with van der Waals surface area (Å²) in [4.78, 5) is 20.0. The van der Waals surface area contributed by atoms with E-state index in [0.717, 1.165) is 6.42 Å². The second-order valence-electron chi connectivity index (χ2n) is 4.90. The Labute approximate surface area is 112 Å². The molecule has 0 N–H and O–H groups in total. The third kappa shape index (κ3) is 2.50. The van der Waals surface area contributed by atoms with Crippen LogP contribution in [0, 0.1) is 0 Å². The monoisotopic (exact) mass is 280 g/mol. The number of hydrogen-bond acceptors (Lipinski definition) is 3. The summed E-state index contributed by atoms with van der Waals surface area (Å²) in [6.45, 7) is 0. The fraction of sp³-hybridized carbons (Fsp3) is 0.357. The molecule has 0 unspecified atom stereocenters. The maximum atomic E-state index is 12.4. The van der Waals surface area contributed by atoms with Gasteiger partial charge < -0.3 is 0 Å². The Morgan fingerprint density at radius 2 is 1.95 bits per heavy atom. The minimum atomic E-state index is -4.29. The van der Waals surface area contributed by atoms with Crippen LogP contribution in [0.2, 0.25) is 0 Å². The van der Waals surface area contributed by atoms with Crippen molar-refractivity contribution in [2.75, 3.05) is 0 Å². The lowest BCUT2D eigenvalue weighted by Crippen LogP contribution is -2.14.